The molecule has 0 saturated carbocycles. The van der Waals surface area contributed by atoms with Crippen LogP contribution >= 0.6 is 0 Å². The lowest BCUT2D eigenvalue weighted by molar-refractivity contribution is 0.0688. The highest BCUT2D eigenvalue weighted by Gasteiger charge is 2.19. The number of halogens is 2. The van der Waals surface area contributed by atoms with Crippen molar-refractivity contribution in [2.24, 2.45) is 0 Å². The molecule has 0 fully saturated rings. The van der Waals surface area contributed by atoms with Gasteiger partial charge in [0, 0.05) is 11.6 Å². The standard InChI is InChI=1S/C13H8F2N4O2/c14-7-3-6(4-8(15)5-7)9-1-2-10-17-13(16)18-19(10)11(9)12(20)21/h1-5H,(H2,16,18)(H,20,21). The van der Waals surface area contributed by atoms with Crippen LogP contribution in [-0.4, -0.2) is 25.7 Å². The van der Waals surface area contributed by atoms with Gasteiger partial charge in [-0.05, 0) is 29.8 Å². The first-order chi connectivity index (χ1) is 9.95. The molecule has 0 aliphatic heterocycles. The predicted octanol–water partition coefficient (Wildman–Crippen LogP) is 1.95. The van der Waals surface area contributed by atoms with E-state index in [4.69, 9.17) is 5.73 Å². The Morgan fingerprint density at radius 1 is 1.19 bits per heavy atom. The van der Waals surface area contributed by atoms with Crippen molar-refractivity contribution in [3.05, 3.63) is 47.7 Å². The second kappa shape index (κ2) is 4.51. The lowest BCUT2D eigenvalue weighted by Crippen LogP contribution is -2.09. The summed E-state index contributed by atoms with van der Waals surface area (Å²) in [7, 11) is 0. The second-order valence-corrected chi connectivity index (χ2v) is 4.30. The zero-order chi connectivity index (χ0) is 15.1. The summed E-state index contributed by atoms with van der Waals surface area (Å²) in [4.78, 5) is 15.3. The van der Waals surface area contributed by atoms with Crippen LogP contribution in [0.3, 0.4) is 0 Å². The number of carbonyl (C=O) groups is 1. The molecule has 21 heavy (non-hydrogen) atoms. The molecule has 8 heteroatoms. The number of aromatic nitrogens is 3. The van der Waals surface area contributed by atoms with Crippen LogP contribution in [0.25, 0.3) is 16.8 Å². The normalized spacial score (nSPS) is 11.0. The Morgan fingerprint density at radius 3 is 2.48 bits per heavy atom. The van der Waals surface area contributed by atoms with Gasteiger partial charge in [-0.25, -0.2) is 18.1 Å². The van der Waals surface area contributed by atoms with E-state index < -0.39 is 17.6 Å². The van der Waals surface area contributed by atoms with Crippen LogP contribution in [0.4, 0.5) is 14.7 Å². The third-order valence-electron chi connectivity index (χ3n) is 2.89. The highest BCUT2D eigenvalue weighted by Crippen LogP contribution is 2.26. The third kappa shape index (κ3) is 2.16. The molecule has 0 saturated heterocycles. The number of nitrogen functional groups attached to an aromatic ring is 1. The Morgan fingerprint density at radius 2 is 1.86 bits per heavy atom. The van der Waals surface area contributed by atoms with Gasteiger partial charge in [-0.2, -0.15) is 4.98 Å². The Hall–Kier alpha value is -3.03. The van der Waals surface area contributed by atoms with Gasteiger partial charge < -0.3 is 10.8 Å². The topological polar surface area (TPSA) is 93.5 Å². The molecule has 0 unspecified atom stereocenters. The van der Waals surface area contributed by atoms with Crippen LogP contribution in [0.15, 0.2) is 30.3 Å². The minimum atomic E-state index is -1.31. The monoisotopic (exact) mass is 290 g/mol. The third-order valence-corrected chi connectivity index (χ3v) is 2.89. The zero-order valence-corrected chi connectivity index (χ0v) is 10.4. The van der Waals surface area contributed by atoms with E-state index in [2.05, 4.69) is 10.1 Å². The van der Waals surface area contributed by atoms with E-state index in [1.54, 1.807) is 0 Å². The maximum absolute atomic E-state index is 13.3. The van der Waals surface area contributed by atoms with Crippen molar-refractivity contribution in [1.82, 2.24) is 14.6 Å². The maximum atomic E-state index is 13.3. The molecule has 106 valence electrons. The SMILES string of the molecule is Nc1nc2ccc(-c3cc(F)cc(F)c3)c(C(=O)O)n2n1. The summed E-state index contributed by atoms with van der Waals surface area (Å²) in [5, 5.41) is 13.1. The second-order valence-electron chi connectivity index (χ2n) is 4.30. The van der Waals surface area contributed by atoms with Crippen molar-refractivity contribution in [3.63, 3.8) is 0 Å². The highest BCUT2D eigenvalue weighted by molar-refractivity contribution is 5.95. The summed E-state index contributed by atoms with van der Waals surface area (Å²) in [5.41, 5.74) is 5.59. The number of hydrogen-bond acceptors (Lipinski definition) is 4. The minimum Gasteiger partial charge on any atom is -0.476 e. The number of nitrogens with two attached hydrogens (primary N) is 1. The average Bonchev–Trinajstić information content (AvgIpc) is 2.75. The fourth-order valence-electron chi connectivity index (χ4n) is 2.11. The lowest BCUT2D eigenvalue weighted by atomic mass is 10.0. The zero-order valence-electron chi connectivity index (χ0n) is 10.4. The van der Waals surface area contributed by atoms with Gasteiger partial charge in [0.25, 0.3) is 0 Å². The Bertz CT molecular complexity index is 856. The summed E-state index contributed by atoms with van der Waals surface area (Å²) in [5.74, 6) is -3.02. The minimum absolute atomic E-state index is 0.0841. The largest absolute Gasteiger partial charge is 0.476 e. The van der Waals surface area contributed by atoms with Gasteiger partial charge in [-0.15, -0.1) is 5.10 Å². The fourth-order valence-corrected chi connectivity index (χ4v) is 2.11. The van der Waals surface area contributed by atoms with E-state index in [1.807, 2.05) is 0 Å². The van der Waals surface area contributed by atoms with Crippen molar-refractivity contribution in [3.8, 4) is 11.1 Å². The molecule has 0 spiro atoms. The van der Waals surface area contributed by atoms with Gasteiger partial charge in [-0.3, -0.25) is 0 Å². The first-order valence-corrected chi connectivity index (χ1v) is 5.81. The number of carboxylic acid groups (broad SMARTS) is 1. The molecule has 3 N–H and O–H groups in total. The molecule has 1 aromatic carbocycles. The van der Waals surface area contributed by atoms with Crippen LogP contribution in [-0.2, 0) is 0 Å². The first kappa shape index (κ1) is 13.0. The first-order valence-electron chi connectivity index (χ1n) is 5.81. The van der Waals surface area contributed by atoms with Crippen molar-refractivity contribution < 1.29 is 18.7 Å². The molecule has 0 aliphatic rings. The quantitative estimate of drug-likeness (QED) is 0.752. The smallest absolute Gasteiger partial charge is 0.355 e. The lowest BCUT2D eigenvalue weighted by Gasteiger charge is -2.08. The molecule has 0 radical (unpaired) electrons. The van der Waals surface area contributed by atoms with Crippen LogP contribution in [0.2, 0.25) is 0 Å². The van der Waals surface area contributed by atoms with E-state index in [9.17, 15) is 18.7 Å². The molecule has 0 amide bonds. The van der Waals surface area contributed by atoms with Gasteiger partial charge in [0.15, 0.2) is 11.3 Å². The molecule has 2 heterocycles. The molecule has 2 aromatic heterocycles. The van der Waals surface area contributed by atoms with E-state index in [1.165, 1.54) is 12.1 Å². The van der Waals surface area contributed by atoms with Crippen molar-refractivity contribution in [2.75, 3.05) is 5.73 Å². The molecule has 3 aromatic rings. The molecular formula is C13H8F2N4O2. The summed E-state index contributed by atoms with van der Waals surface area (Å²) in [6.07, 6.45) is 0. The van der Waals surface area contributed by atoms with E-state index in [0.29, 0.717) is 6.07 Å². The van der Waals surface area contributed by atoms with E-state index in [0.717, 1.165) is 16.6 Å². The summed E-state index contributed by atoms with van der Waals surface area (Å²) in [6, 6.07) is 5.65. The van der Waals surface area contributed by atoms with Crippen molar-refractivity contribution in [2.45, 2.75) is 0 Å². The summed E-state index contributed by atoms with van der Waals surface area (Å²) in [6.45, 7) is 0. The Kier molecular flexibility index (Phi) is 2.79. The van der Waals surface area contributed by atoms with Crippen LogP contribution in [0, 0.1) is 11.6 Å². The van der Waals surface area contributed by atoms with Gasteiger partial charge in [-0.1, -0.05) is 0 Å². The Balaban J connectivity index is 2.36. The maximum Gasteiger partial charge on any atom is 0.355 e. The summed E-state index contributed by atoms with van der Waals surface area (Å²) >= 11 is 0. The number of fused-ring (bicyclic) bond motifs is 1. The number of nitrogens with zero attached hydrogens (tertiary/aromatic N) is 3. The van der Waals surface area contributed by atoms with E-state index >= 15 is 0 Å². The van der Waals surface area contributed by atoms with E-state index in [-0.39, 0.29) is 28.4 Å². The van der Waals surface area contributed by atoms with Crippen LogP contribution in [0.5, 0.6) is 0 Å². The average molecular weight is 290 g/mol. The molecule has 0 aliphatic carbocycles. The number of pyridine rings is 1. The van der Waals surface area contributed by atoms with Gasteiger partial charge >= 0.3 is 5.97 Å². The van der Waals surface area contributed by atoms with Gasteiger partial charge in [0.2, 0.25) is 5.95 Å². The van der Waals surface area contributed by atoms with Crippen LogP contribution < -0.4 is 5.73 Å². The van der Waals surface area contributed by atoms with Gasteiger partial charge in [0.05, 0.1) is 0 Å². The predicted molar refractivity (Wildman–Crippen MR) is 69.7 cm³/mol. The number of hydrogen-bond donors (Lipinski definition) is 2. The summed E-state index contributed by atoms with van der Waals surface area (Å²) < 4.78 is 27.7. The fraction of sp³-hybridized carbons (Fsp3) is 0. The molecule has 3 rings (SSSR count). The molecule has 6 nitrogen and oxygen atoms in total. The highest BCUT2D eigenvalue weighted by atomic mass is 19.1. The van der Waals surface area contributed by atoms with Crippen molar-refractivity contribution >= 4 is 17.6 Å². The number of anilines is 1. The molecular weight excluding hydrogens is 282 g/mol. The molecule has 0 atom stereocenters. The number of benzene rings is 1. The number of rotatable bonds is 2. The number of carboxylic acids is 1. The Labute approximate surface area is 116 Å². The molecule has 0 bridgehead atoms. The van der Waals surface area contributed by atoms with Crippen molar-refractivity contribution in [1.29, 1.82) is 0 Å². The number of aromatic carboxylic acids is 1. The van der Waals surface area contributed by atoms with Gasteiger partial charge in [0.1, 0.15) is 11.6 Å². The van der Waals surface area contributed by atoms with Crippen LogP contribution in [0.1, 0.15) is 10.5 Å².